The Morgan fingerprint density at radius 1 is 0.493 bits per heavy atom. The Hall–Kier alpha value is -3.87. The van der Waals surface area contributed by atoms with E-state index >= 15 is 0 Å². The van der Waals surface area contributed by atoms with E-state index in [1.807, 2.05) is 6.08 Å². The Morgan fingerprint density at radius 2 is 0.920 bits per heavy atom. The monoisotopic (exact) mass is 1050 g/mol. The lowest BCUT2D eigenvalue weighted by Gasteiger charge is -2.46. The highest BCUT2D eigenvalue weighted by Gasteiger charge is 2.51. The van der Waals surface area contributed by atoms with Gasteiger partial charge in [0.25, 0.3) is 0 Å². The quantitative estimate of drug-likeness (QED) is 0.0206. The van der Waals surface area contributed by atoms with E-state index in [1.54, 1.807) is 6.08 Å². The van der Waals surface area contributed by atoms with Crippen LogP contribution in [0.15, 0.2) is 134 Å². The third-order valence-electron chi connectivity index (χ3n) is 12.6. The number of carbonyl (C=O) groups is 1. The minimum absolute atomic E-state index is 0.241. The molecule has 0 aromatic heterocycles. The van der Waals surface area contributed by atoms with Crippen LogP contribution in [0, 0.1) is 0 Å². The highest BCUT2D eigenvalue weighted by atomic mass is 16.7. The van der Waals surface area contributed by atoms with Crippen LogP contribution in [-0.2, 0) is 23.7 Å². The molecule has 14 nitrogen and oxygen atoms in total. The second kappa shape index (κ2) is 45.2. The van der Waals surface area contributed by atoms with Gasteiger partial charge in [-0.3, -0.25) is 4.79 Å². The van der Waals surface area contributed by atoms with Crippen molar-refractivity contribution in [2.75, 3.05) is 19.8 Å². The van der Waals surface area contributed by atoms with E-state index in [0.29, 0.717) is 6.42 Å². The van der Waals surface area contributed by atoms with E-state index in [2.05, 4.69) is 141 Å². The summed E-state index contributed by atoms with van der Waals surface area (Å²) in [6, 6.07) is -0.935. The molecular formula is C61H97NO13. The van der Waals surface area contributed by atoms with Gasteiger partial charge in [0.05, 0.1) is 32.0 Å². The molecule has 2 fully saturated rings. The number of aliphatic hydroxyl groups excluding tert-OH is 8. The van der Waals surface area contributed by atoms with Gasteiger partial charge in [0.1, 0.15) is 48.8 Å². The van der Waals surface area contributed by atoms with Gasteiger partial charge in [-0.05, 0) is 96.3 Å². The molecule has 2 heterocycles. The van der Waals surface area contributed by atoms with Crippen LogP contribution in [0.3, 0.4) is 0 Å². The summed E-state index contributed by atoms with van der Waals surface area (Å²) in [6.07, 6.45) is 49.8. The van der Waals surface area contributed by atoms with Crippen LogP contribution in [0.1, 0.15) is 149 Å². The van der Waals surface area contributed by atoms with Crippen molar-refractivity contribution in [1.82, 2.24) is 5.32 Å². The SMILES string of the molecule is CC/C=C\C/C=C\C/C=C\C/C=C\C/C=C\C/C=C\C/C=C\C/C=C\C/C=C\C/C=C\CCCCCCC(=O)NC(COC1OC(CO)C(OC2OC(CO)C(O)C(O)C2O)C(O)C1O)C(O)/C=C/CCCCCC. The van der Waals surface area contributed by atoms with Crippen molar-refractivity contribution in [2.45, 2.75) is 222 Å². The van der Waals surface area contributed by atoms with E-state index in [-0.39, 0.29) is 18.9 Å². The van der Waals surface area contributed by atoms with E-state index in [4.69, 9.17) is 18.9 Å². The molecule has 2 aliphatic rings. The van der Waals surface area contributed by atoms with Crippen LogP contribution in [-0.4, -0.2) is 140 Å². The van der Waals surface area contributed by atoms with E-state index in [9.17, 15) is 45.6 Å². The highest BCUT2D eigenvalue weighted by Crippen LogP contribution is 2.30. The van der Waals surface area contributed by atoms with Crippen LogP contribution >= 0.6 is 0 Å². The molecule has 2 saturated heterocycles. The summed E-state index contributed by atoms with van der Waals surface area (Å²) in [4.78, 5) is 13.1. The Bertz CT molecular complexity index is 1760. The van der Waals surface area contributed by atoms with E-state index < -0.39 is 86.8 Å². The number of allylic oxidation sites excluding steroid dienone is 21. The first-order valence-corrected chi connectivity index (χ1v) is 27.9. The Balaban J connectivity index is 1.64. The molecule has 0 aromatic carbocycles. The van der Waals surface area contributed by atoms with E-state index in [1.165, 1.54) is 0 Å². The van der Waals surface area contributed by atoms with Crippen molar-refractivity contribution < 1.29 is 64.6 Å². The predicted molar refractivity (Wildman–Crippen MR) is 299 cm³/mol. The third-order valence-corrected chi connectivity index (χ3v) is 12.6. The number of rotatable bonds is 41. The minimum Gasteiger partial charge on any atom is -0.394 e. The van der Waals surface area contributed by atoms with Crippen molar-refractivity contribution in [2.24, 2.45) is 0 Å². The van der Waals surface area contributed by atoms with Crippen LogP contribution in [0.4, 0.5) is 0 Å². The van der Waals surface area contributed by atoms with Gasteiger partial charge in [0.15, 0.2) is 12.6 Å². The molecule has 0 saturated carbocycles. The number of amides is 1. The largest absolute Gasteiger partial charge is 0.394 e. The van der Waals surface area contributed by atoms with Gasteiger partial charge in [0.2, 0.25) is 5.91 Å². The van der Waals surface area contributed by atoms with Gasteiger partial charge in [-0.2, -0.15) is 0 Å². The predicted octanol–water partition coefficient (Wildman–Crippen LogP) is 8.82. The second-order valence-electron chi connectivity index (χ2n) is 19.0. The first-order valence-electron chi connectivity index (χ1n) is 27.9. The zero-order valence-corrected chi connectivity index (χ0v) is 45.2. The van der Waals surface area contributed by atoms with Gasteiger partial charge in [-0.15, -0.1) is 0 Å². The number of carbonyl (C=O) groups excluding carboxylic acids is 1. The summed E-state index contributed by atoms with van der Waals surface area (Å²) in [5.74, 6) is -0.278. The zero-order chi connectivity index (χ0) is 54.6. The van der Waals surface area contributed by atoms with E-state index in [0.717, 1.165) is 122 Å². The molecular weight excluding hydrogens is 955 g/mol. The number of nitrogens with one attached hydrogen (secondary N) is 1. The van der Waals surface area contributed by atoms with Crippen molar-refractivity contribution in [1.29, 1.82) is 0 Å². The molecule has 75 heavy (non-hydrogen) atoms. The van der Waals surface area contributed by atoms with Gasteiger partial charge >= 0.3 is 0 Å². The topological polar surface area (TPSA) is 228 Å². The number of unbranched alkanes of at least 4 members (excludes halogenated alkanes) is 8. The summed E-state index contributed by atoms with van der Waals surface area (Å²) in [7, 11) is 0. The maximum Gasteiger partial charge on any atom is 0.220 e. The van der Waals surface area contributed by atoms with Gasteiger partial charge < -0.3 is 65.1 Å². The van der Waals surface area contributed by atoms with Crippen molar-refractivity contribution in [3.05, 3.63) is 134 Å². The molecule has 14 heteroatoms. The highest BCUT2D eigenvalue weighted by molar-refractivity contribution is 5.76. The van der Waals surface area contributed by atoms with Crippen LogP contribution in [0.2, 0.25) is 0 Å². The van der Waals surface area contributed by atoms with Gasteiger partial charge in [-0.1, -0.05) is 180 Å². The average molecular weight is 1050 g/mol. The standard InChI is InChI=1S/C61H97NO13/c1-3-5-7-9-11-12-13-14-15-16-17-18-19-20-21-22-23-24-25-26-27-28-29-30-31-32-33-34-35-36-37-38-39-41-43-45-53(66)62-49(50(65)44-42-40-10-8-6-4-2)48-72-60-58(71)56(69)59(52(47-64)74-60)75-61-57(70)55(68)54(67)51(46-63)73-61/h5,7,11-12,14-15,17-18,20-21,23-24,26-27,29-30,32-33,35-36,42,44,49-52,54-61,63-65,67-71H,3-4,6,8-10,13,16,19,22,25,28,31,34,37-41,43,45-48H2,1-2H3,(H,62,66)/b7-5-,12-11-,15-14-,18-17-,21-20-,24-23-,27-26-,30-29-,33-32-,36-35-,44-42+. The lowest BCUT2D eigenvalue weighted by atomic mass is 9.97. The molecule has 9 N–H and O–H groups in total. The third kappa shape index (κ3) is 31.2. The Morgan fingerprint density at radius 3 is 1.40 bits per heavy atom. The van der Waals surface area contributed by atoms with Crippen LogP contribution in [0.25, 0.3) is 0 Å². The molecule has 12 unspecified atom stereocenters. The average Bonchev–Trinajstić information content (AvgIpc) is 3.41. The number of ether oxygens (including phenoxy) is 4. The number of aliphatic hydroxyl groups is 8. The first kappa shape index (κ1) is 67.2. The fraction of sp³-hybridized carbons (Fsp3) is 0.623. The molecule has 2 aliphatic heterocycles. The number of hydrogen-bond donors (Lipinski definition) is 9. The maximum atomic E-state index is 13.1. The Labute approximate surface area is 450 Å². The maximum absolute atomic E-state index is 13.1. The fourth-order valence-corrected chi connectivity index (χ4v) is 8.08. The van der Waals surface area contributed by atoms with Crippen LogP contribution in [0.5, 0.6) is 0 Å². The Kier molecular flexibility index (Phi) is 40.5. The molecule has 0 aliphatic carbocycles. The number of hydrogen-bond acceptors (Lipinski definition) is 13. The summed E-state index contributed by atoms with van der Waals surface area (Å²) >= 11 is 0. The summed E-state index contributed by atoms with van der Waals surface area (Å²) < 4.78 is 22.6. The molecule has 12 atom stereocenters. The van der Waals surface area contributed by atoms with Gasteiger partial charge in [-0.25, -0.2) is 0 Å². The smallest absolute Gasteiger partial charge is 0.220 e. The zero-order valence-electron chi connectivity index (χ0n) is 45.2. The molecule has 0 spiro atoms. The van der Waals surface area contributed by atoms with Crippen molar-refractivity contribution >= 4 is 5.91 Å². The molecule has 0 aromatic rings. The molecule has 0 radical (unpaired) electrons. The molecule has 0 bridgehead atoms. The van der Waals surface area contributed by atoms with Crippen LogP contribution < -0.4 is 5.32 Å². The second-order valence-corrected chi connectivity index (χ2v) is 19.0. The molecule has 424 valence electrons. The normalized spacial score (nSPS) is 26.1. The minimum atomic E-state index is -1.80. The van der Waals surface area contributed by atoms with Crippen molar-refractivity contribution in [3.8, 4) is 0 Å². The lowest BCUT2D eigenvalue weighted by Crippen LogP contribution is -2.65. The summed E-state index contributed by atoms with van der Waals surface area (Å²) in [5, 5.41) is 86.4. The summed E-state index contributed by atoms with van der Waals surface area (Å²) in [5.41, 5.74) is 0. The van der Waals surface area contributed by atoms with Gasteiger partial charge in [0, 0.05) is 6.42 Å². The molecule has 2 rings (SSSR count). The van der Waals surface area contributed by atoms with Crippen molar-refractivity contribution in [3.63, 3.8) is 0 Å². The summed E-state index contributed by atoms with van der Waals surface area (Å²) in [6.45, 7) is 2.52. The fourth-order valence-electron chi connectivity index (χ4n) is 8.08. The molecule has 1 amide bonds. The first-order chi connectivity index (χ1) is 36.6. The lowest BCUT2D eigenvalue weighted by molar-refractivity contribution is -0.359.